The Morgan fingerprint density at radius 3 is 2.94 bits per heavy atom. The summed E-state index contributed by atoms with van der Waals surface area (Å²) in [6.45, 7) is 4.30. The van der Waals surface area contributed by atoms with Gasteiger partial charge in [0.05, 0.1) is 24.1 Å². The third kappa shape index (κ3) is 2.15. The molecule has 1 aromatic rings. The number of aromatic nitrogens is 1. The summed E-state index contributed by atoms with van der Waals surface area (Å²) < 4.78 is 5.67. The Morgan fingerprint density at radius 1 is 1.47 bits per heavy atom. The number of anilines is 1. The normalized spacial score (nSPS) is 26.9. The number of morpholine rings is 1. The van der Waals surface area contributed by atoms with E-state index in [9.17, 15) is 5.11 Å². The van der Waals surface area contributed by atoms with E-state index in [0.717, 1.165) is 37.3 Å². The van der Waals surface area contributed by atoms with Crippen LogP contribution < -0.4 is 4.90 Å². The van der Waals surface area contributed by atoms with Crippen LogP contribution in [0.3, 0.4) is 0 Å². The van der Waals surface area contributed by atoms with Gasteiger partial charge >= 0.3 is 0 Å². The Hall–Kier alpha value is -1.13. The third-order valence-electron chi connectivity index (χ3n) is 3.69. The summed E-state index contributed by atoms with van der Waals surface area (Å²) in [6.07, 6.45) is 3.60. The molecule has 1 aliphatic carbocycles. The van der Waals surface area contributed by atoms with Crippen molar-refractivity contribution in [2.24, 2.45) is 0 Å². The van der Waals surface area contributed by atoms with E-state index in [2.05, 4.69) is 16.0 Å². The van der Waals surface area contributed by atoms with Gasteiger partial charge in [0, 0.05) is 18.8 Å². The first kappa shape index (κ1) is 11.0. The molecule has 4 heteroatoms. The van der Waals surface area contributed by atoms with Crippen LogP contribution in [0.1, 0.15) is 18.5 Å². The second-order valence-corrected chi connectivity index (χ2v) is 5.07. The largest absolute Gasteiger partial charge is 0.387 e. The standard InChI is InChI=1S/C13H18N2O2/c1-10-2-3-11(8-14-10)15-6-7-17-12(9-15)13(16)4-5-13/h2-3,8,12,16H,4-7,9H2,1H3/t12-/m0/s1. The van der Waals surface area contributed by atoms with Gasteiger partial charge in [-0.1, -0.05) is 0 Å². The Balaban J connectivity index is 1.73. The Bertz CT molecular complexity index is 400. The molecule has 0 aromatic carbocycles. The summed E-state index contributed by atoms with van der Waals surface area (Å²) >= 11 is 0. The zero-order valence-electron chi connectivity index (χ0n) is 10.1. The van der Waals surface area contributed by atoms with Crippen LogP contribution in [0, 0.1) is 6.92 Å². The predicted octanol–water partition coefficient (Wildman–Crippen LogP) is 1.12. The second kappa shape index (κ2) is 3.96. The summed E-state index contributed by atoms with van der Waals surface area (Å²) in [6, 6.07) is 4.10. The SMILES string of the molecule is Cc1ccc(N2CCO[C@H](C3(O)CC3)C2)cn1. The van der Waals surface area contributed by atoms with Crippen molar-refractivity contribution < 1.29 is 9.84 Å². The number of aliphatic hydroxyl groups is 1. The molecule has 1 aromatic heterocycles. The van der Waals surface area contributed by atoms with Crippen LogP contribution in [-0.2, 0) is 4.74 Å². The molecule has 1 aliphatic heterocycles. The second-order valence-electron chi connectivity index (χ2n) is 5.07. The molecule has 1 N–H and O–H groups in total. The lowest BCUT2D eigenvalue weighted by molar-refractivity contribution is -0.0586. The smallest absolute Gasteiger partial charge is 0.104 e. The van der Waals surface area contributed by atoms with Gasteiger partial charge in [-0.15, -0.1) is 0 Å². The average Bonchev–Trinajstić information content (AvgIpc) is 3.10. The molecule has 17 heavy (non-hydrogen) atoms. The van der Waals surface area contributed by atoms with E-state index in [1.807, 2.05) is 19.2 Å². The van der Waals surface area contributed by atoms with Gasteiger partial charge in [-0.3, -0.25) is 4.98 Å². The highest BCUT2D eigenvalue weighted by Crippen LogP contribution is 2.41. The number of hydrogen-bond acceptors (Lipinski definition) is 4. The molecule has 2 fully saturated rings. The fourth-order valence-electron chi connectivity index (χ4n) is 2.31. The maximum absolute atomic E-state index is 10.1. The Labute approximate surface area is 101 Å². The average molecular weight is 234 g/mol. The van der Waals surface area contributed by atoms with E-state index in [0.29, 0.717) is 6.61 Å². The van der Waals surface area contributed by atoms with E-state index >= 15 is 0 Å². The van der Waals surface area contributed by atoms with E-state index in [1.165, 1.54) is 0 Å². The lowest BCUT2D eigenvalue weighted by Gasteiger charge is -2.36. The van der Waals surface area contributed by atoms with E-state index < -0.39 is 5.60 Å². The monoisotopic (exact) mass is 234 g/mol. The fourth-order valence-corrected chi connectivity index (χ4v) is 2.31. The summed E-state index contributed by atoms with van der Waals surface area (Å²) in [5.74, 6) is 0. The van der Waals surface area contributed by atoms with E-state index in [-0.39, 0.29) is 6.10 Å². The molecule has 0 amide bonds. The molecular formula is C13H18N2O2. The molecular weight excluding hydrogens is 216 g/mol. The molecule has 1 atom stereocenters. The minimum atomic E-state index is -0.559. The molecule has 4 nitrogen and oxygen atoms in total. The molecule has 92 valence electrons. The van der Waals surface area contributed by atoms with E-state index in [4.69, 9.17) is 4.74 Å². The van der Waals surface area contributed by atoms with Crippen molar-refractivity contribution in [3.63, 3.8) is 0 Å². The highest BCUT2D eigenvalue weighted by atomic mass is 16.5. The zero-order chi connectivity index (χ0) is 11.9. The van der Waals surface area contributed by atoms with Gasteiger partial charge in [0.25, 0.3) is 0 Å². The minimum absolute atomic E-state index is 0.0439. The van der Waals surface area contributed by atoms with Crippen molar-refractivity contribution in [3.05, 3.63) is 24.0 Å². The van der Waals surface area contributed by atoms with Gasteiger partial charge in [-0.25, -0.2) is 0 Å². The van der Waals surface area contributed by atoms with Crippen LogP contribution in [0.15, 0.2) is 18.3 Å². The van der Waals surface area contributed by atoms with Crippen LogP contribution in [0.4, 0.5) is 5.69 Å². The molecule has 1 saturated heterocycles. The molecule has 0 spiro atoms. The summed E-state index contributed by atoms with van der Waals surface area (Å²) in [5, 5.41) is 10.1. The molecule has 1 saturated carbocycles. The van der Waals surface area contributed by atoms with E-state index in [1.54, 1.807) is 0 Å². The topological polar surface area (TPSA) is 45.6 Å². The highest BCUT2D eigenvalue weighted by molar-refractivity contribution is 5.45. The summed E-state index contributed by atoms with van der Waals surface area (Å²) in [4.78, 5) is 6.56. The molecule has 2 heterocycles. The van der Waals surface area contributed by atoms with Gasteiger partial charge in [-0.2, -0.15) is 0 Å². The van der Waals surface area contributed by atoms with Crippen LogP contribution in [-0.4, -0.2) is 41.5 Å². The quantitative estimate of drug-likeness (QED) is 0.833. The molecule has 0 radical (unpaired) electrons. The van der Waals surface area contributed by atoms with Crippen molar-refractivity contribution in [2.45, 2.75) is 31.5 Å². The lowest BCUT2D eigenvalue weighted by Crippen LogP contribution is -2.48. The van der Waals surface area contributed by atoms with Gasteiger partial charge in [0.1, 0.15) is 6.10 Å². The zero-order valence-corrected chi connectivity index (χ0v) is 10.1. The maximum Gasteiger partial charge on any atom is 0.104 e. The number of aryl methyl sites for hydroxylation is 1. The third-order valence-corrected chi connectivity index (χ3v) is 3.69. The number of rotatable bonds is 2. The first-order chi connectivity index (χ1) is 8.17. The molecule has 2 aliphatic rings. The van der Waals surface area contributed by atoms with Gasteiger partial charge in [0.2, 0.25) is 0 Å². The van der Waals surface area contributed by atoms with Crippen molar-refractivity contribution in [3.8, 4) is 0 Å². The molecule has 3 rings (SSSR count). The number of pyridine rings is 1. The first-order valence-electron chi connectivity index (χ1n) is 6.19. The minimum Gasteiger partial charge on any atom is -0.387 e. The van der Waals surface area contributed by atoms with Crippen molar-refractivity contribution in [2.75, 3.05) is 24.6 Å². The lowest BCUT2D eigenvalue weighted by atomic mass is 10.1. The summed E-state index contributed by atoms with van der Waals surface area (Å²) in [5.41, 5.74) is 1.59. The fraction of sp³-hybridized carbons (Fsp3) is 0.615. The van der Waals surface area contributed by atoms with Crippen molar-refractivity contribution >= 4 is 5.69 Å². The van der Waals surface area contributed by atoms with Crippen molar-refractivity contribution in [1.82, 2.24) is 4.98 Å². The van der Waals surface area contributed by atoms with Crippen molar-refractivity contribution in [1.29, 1.82) is 0 Å². The number of hydrogen-bond donors (Lipinski definition) is 1. The van der Waals surface area contributed by atoms with Gasteiger partial charge in [-0.05, 0) is 31.9 Å². The first-order valence-corrected chi connectivity index (χ1v) is 6.19. The van der Waals surface area contributed by atoms with Crippen LogP contribution in [0.25, 0.3) is 0 Å². The Morgan fingerprint density at radius 2 is 2.29 bits per heavy atom. The van der Waals surface area contributed by atoms with Crippen LogP contribution in [0.2, 0.25) is 0 Å². The van der Waals surface area contributed by atoms with Gasteiger partial charge < -0.3 is 14.7 Å². The highest BCUT2D eigenvalue weighted by Gasteiger charge is 2.50. The van der Waals surface area contributed by atoms with Crippen LogP contribution in [0.5, 0.6) is 0 Å². The number of ether oxygens (including phenoxy) is 1. The number of nitrogens with zero attached hydrogens (tertiary/aromatic N) is 2. The molecule has 0 bridgehead atoms. The van der Waals surface area contributed by atoms with Gasteiger partial charge in [0.15, 0.2) is 0 Å². The predicted molar refractivity (Wildman–Crippen MR) is 65.1 cm³/mol. The summed E-state index contributed by atoms with van der Waals surface area (Å²) in [7, 11) is 0. The van der Waals surface area contributed by atoms with Crippen LogP contribution >= 0.6 is 0 Å². The Kier molecular flexibility index (Phi) is 2.56. The maximum atomic E-state index is 10.1. The molecule has 0 unspecified atom stereocenters.